The number of aromatic nitrogens is 1. The van der Waals surface area contributed by atoms with Crippen LogP contribution >= 0.6 is 0 Å². The van der Waals surface area contributed by atoms with Crippen molar-refractivity contribution in [1.29, 1.82) is 0 Å². The molecular formula is C16H19NO2. The Bertz CT molecular complexity index is 576. The zero-order chi connectivity index (χ0) is 13.6. The molecule has 0 N–H and O–H groups in total. The number of methoxy groups -OCH3 is 1. The van der Waals surface area contributed by atoms with Crippen LogP contribution in [0, 0.1) is 5.92 Å². The van der Waals surface area contributed by atoms with Gasteiger partial charge in [0.15, 0.2) is 5.78 Å². The Kier molecular flexibility index (Phi) is 2.73. The van der Waals surface area contributed by atoms with Gasteiger partial charge in [-0.3, -0.25) is 4.79 Å². The summed E-state index contributed by atoms with van der Waals surface area (Å²) in [5.74, 6) is 1.26. The summed E-state index contributed by atoms with van der Waals surface area (Å²) in [5, 5.41) is 0. The van der Waals surface area contributed by atoms with E-state index in [1.807, 2.05) is 18.2 Å². The molecule has 1 heterocycles. The predicted octanol–water partition coefficient (Wildman–Crippen LogP) is 2.83. The Balaban J connectivity index is 2.16. The lowest BCUT2D eigenvalue weighted by Gasteiger charge is -2.36. The van der Waals surface area contributed by atoms with Crippen LogP contribution in [0.25, 0.3) is 0 Å². The molecule has 1 aromatic rings. The molecule has 0 saturated carbocycles. The minimum absolute atomic E-state index is 0.259. The molecular weight excluding hydrogens is 238 g/mol. The third kappa shape index (κ3) is 1.57. The number of ether oxygens (including phenoxy) is 1. The monoisotopic (exact) mass is 257 g/mol. The molecule has 3 heteroatoms. The fraction of sp³-hybridized carbons (Fsp3) is 0.500. The lowest BCUT2D eigenvalue weighted by Crippen LogP contribution is -2.41. The molecule has 19 heavy (non-hydrogen) atoms. The maximum Gasteiger partial charge on any atom is 0.213 e. The van der Waals surface area contributed by atoms with E-state index in [0.29, 0.717) is 11.8 Å². The SMILES string of the molecule is CC[C@]12C(=O)C=C(C)C[C@H]1Cc1nc(OC)ccc12. The zero-order valence-electron chi connectivity index (χ0n) is 11.7. The second kappa shape index (κ2) is 4.19. The van der Waals surface area contributed by atoms with Crippen molar-refractivity contribution in [3.8, 4) is 5.88 Å². The topological polar surface area (TPSA) is 39.2 Å². The Morgan fingerprint density at radius 1 is 1.42 bits per heavy atom. The van der Waals surface area contributed by atoms with Gasteiger partial charge >= 0.3 is 0 Å². The quantitative estimate of drug-likeness (QED) is 0.817. The number of ketones is 1. The van der Waals surface area contributed by atoms with Crippen LogP contribution in [0.1, 0.15) is 37.9 Å². The van der Waals surface area contributed by atoms with Crippen LogP contribution in [0.15, 0.2) is 23.8 Å². The van der Waals surface area contributed by atoms with Gasteiger partial charge in [-0.05, 0) is 43.7 Å². The maximum absolute atomic E-state index is 12.6. The van der Waals surface area contributed by atoms with E-state index in [-0.39, 0.29) is 11.2 Å². The molecule has 0 radical (unpaired) electrons. The molecule has 0 fully saturated rings. The van der Waals surface area contributed by atoms with Crippen LogP contribution in [-0.2, 0) is 16.6 Å². The van der Waals surface area contributed by atoms with Crippen LogP contribution in [0.4, 0.5) is 0 Å². The van der Waals surface area contributed by atoms with E-state index in [1.54, 1.807) is 7.11 Å². The Morgan fingerprint density at radius 3 is 2.89 bits per heavy atom. The van der Waals surface area contributed by atoms with Crippen molar-refractivity contribution in [2.45, 2.75) is 38.5 Å². The first kappa shape index (κ1) is 12.4. The summed E-state index contributed by atoms with van der Waals surface area (Å²) in [6, 6.07) is 3.91. The van der Waals surface area contributed by atoms with Gasteiger partial charge in [0, 0.05) is 11.8 Å². The number of hydrogen-bond acceptors (Lipinski definition) is 3. The molecule has 0 spiro atoms. The van der Waals surface area contributed by atoms with Crippen molar-refractivity contribution in [2.75, 3.05) is 7.11 Å². The van der Waals surface area contributed by atoms with Gasteiger partial charge in [0.05, 0.1) is 12.5 Å². The van der Waals surface area contributed by atoms with Gasteiger partial charge < -0.3 is 4.74 Å². The molecule has 2 aliphatic carbocycles. The van der Waals surface area contributed by atoms with E-state index in [2.05, 4.69) is 18.8 Å². The Hall–Kier alpha value is -1.64. The van der Waals surface area contributed by atoms with Crippen molar-refractivity contribution in [2.24, 2.45) is 5.92 Å². The van der Waals surface area contributed by atoms with Crippen LogP contribution < -0.4 is 4.74 Å². The van der Waals surface area contributed by atoms with Crippen LogP contribution in [0.2, 0.25) is 0 Å². The minimum Gasteiger partial charge on any atom is -0.481 e. The normalized spacial score (nSPS) is 28.7. The van der Waals surface area contributed by atoms with Crippen molar-refractivity contribution in [3.05, 3.63) is 35.0 Å². The second-order valence-corrected chi connectivity index (χ2v) is 5.63. The molecule has 0 amide bonds. The fourth-order valence-corrected chi connectivity index (χ4v) is 3.82. The lowest BCUT2D eigenvalue weighted by atomic mass is 9.64. The number of hydrogen-bond donors (Lipinski definition) is 0. The van der Waals surface area contributed by atoms with Gasteiger partial charge in [0.2, 0.25) is 5.88 Å². The smallest absolute Gasteiger partial charge is 0.213 e. The van der Waals surface area contributed by atoms with Crippen molar-refractivity contribution in [3.63, 3.8) is 0 Å². The van der Waals surface area contributed by atoms with Gasteiger partial charge in [-0.1, -0.05) is 18.6 Å². The molecule has 0 saturated heterocycles. The number of nitrogens with zero attached hydrogens (tertiary/aromatic N) is 1. The molecule has 0 aromatic carbocycles. The summed E-state index contributed by atoms with van der Waals surface area (Å²) in [6.07, 6.45) is 4.57. The summed E-state index contributed by atoms with van der Waals surface area (Å²) < 4.78 is 5.20. The van der Waals surface area contributed by atoms with Crippen molar-refractivity contribution >= 4 is 5.78 Å². The number of fused-ring (bicyclic) bond motifs is 3. The summed E-state index contributed by atoms with van der Waals surface area (Å²) in [6.45, 7) is 4.16. The molecule has 3 nitrogen and oxygen atoms in total. The van der Waals surface area contributed by atoms with Crippen LogP contribution in [0.5, 0.6) is 5.88 Å². The predicted molar refractivity (Wildman–Crippen MR) is 73.3 cm³/mol. The van der Waals surface area contributed by atoms with Crippen LogP contribution in [-0.4, -0.2) is 17.9 Å². The largest absolute Gasteiger partial charge is 0.481 e. The fourth-order valence-electron chi connectivity index (χ4n) is 3.82. The highest BCUT2D eigenvalue weighted by atomic mass is 16.5. The van der Waals surface area contributed by atoms with Gasteiger partial charge in [0.25, 0.3) is 0 Å². The average Bonchev–Trinajstić information content (AvgIpc) is 2.71. The first-order valence-electron chi connectivity index (χ1n) is 6.87. The van der Waals surface area contributed by atoms with Crippen molar-refractivity contribution < 1.29 is 9.53 Å². The third-order valence-electron chi connectivity index (χ3n) is 4.72. The first-order valence-corrected chi connectivity index (χ1v) is 6.87. The number of carbonyl (C=O) groups excluding carboxylic acids is 1. The molecule has 3 rings (SSSR count). The van der Waals surface area contributed by atoms with E-state index in [1.165, 1.54) is 5.57 Å². The van der Waals surface area contributed by atoms with E-state index < -0.39 is 0 Å². The Labute approximate surface area is 113 Å². The molecule has 0 aliphatic heterocycles. The molecule has 0 unspecified atom stereocenters. The highest BCUT2D eigenvalue weighted by Gasteiger charge is 2.52. The molecule has 2 aliphatic rings. The molecule has 1 aromatic heterocycles. The summed E-state index contributed by atoms with van der Waals surface area (Å²) in [5.41, 5.74) is 3.02. The second-order valence-electron chi connectivity index (χ2n) is 5.63. The highest BCUT2D eigenvalue weighted by molar-refractivity contribution is 6.01. The minimum atomic E-state index is -0.339. The molecule has 2 atom stereocenters. The standard InChI is InChI=1S/C16H19NO2/c1-4-16-11(7-10(2)8-14(16)18)9-13-12(16)5-6-15(17-13)19-3/h5-6,8,11H,4,7,9H2,1-3H3/t11-,16-/m0/s1. The molecule has 100 valence electrons. The van der Waals surface area contributed by atoms with Gasteiger partial charge in [-0.25, -0.2) is 4.98 Å². The summed E-state index contributed by atoms with van der Waals surface area (Å²) in [4.78, 5) is 17.2. The number of pyridine rings is 1. The molecule has 0 bridgehead atoms. The van der Waals surface area contributed by atoms with E-state index in [0.717, 1.165) is 30.5 Å². The average molecular weight is 257 g/mol. The first-order chi connectivity index (χ1) is 9.11. The summed E-state index contributed by atoms with van der Waals surface area (Å²) >= 11 is 0. The third-order valence-corrected chi connectivity index (χ3v) is 4.72. The zero-order valence-corrected chi connectivity index (χ0v) is 11.7. The highest BCUT2D eigenvalue weighted by Crippen LogP contribution is 2.51. The number of rotatable bonds is 2. The van der Waals surface area contributed by atoms with Crippen molar-refractivity contribution in [1.82, 2.24) is 4.98 Å². The van der Waals surface area contributed by atoms with Gasteiger partial charge in [-0.15, -0.1) is 0 Å². The lowest BCUT2D eigenvalue weighted by molar-refractivity contribution is -0.122. The maximum atomic E-state index is 12.6. The van der Waals surface area contributed by atoms with E-state index in [4.69, 9.17) is 4.74 Å². The van der Waals surface area contributed by atoms with Gasteiger partial charge in [-0.2, -0.15) is 0 Å². The number of allylic oxidation sites excluding steroid dienone is 2. The Morgan fingerprint density at radius 2 is 2.21 bits per heavy atom. The number of carbonyl (C=O) groups is 1. The summed E-state index contributed by atoms with van der Waals surface area (Å²) in [7, 11) is 1.63. The van der Waals surface area contributed by atoms with E-state index >= 15 is 0 Å². The van der Waals surface area contributed by atoms with Crippen LogP contribution in [0.3, 0.4) is 0 Å². The van der Waals surface area contributed by atoms with E-state index in [9.17, 15) is 4.79 Å². The van der Waals surface area contributed by atoms with Gasteiger partial charge in [0.1, 0.15) is 0 Å².